The molecule has 0 amide bonds. The van der Waals surface area contributed by atoms with E-state index in [4.69, 9.17) is 5.26 Å². The highest BCUT2D eigenvalue weighted by atomic mass is 32.2. The van der Waals surface area contributed by atoms with Crippen LogP contribution in [0.2, 0.25) is 0 Å². The van der Waals surface area contributed by atoms with Crippen LogP contribution in [0.5, 0.6) is 0 Å². The van der Waals surface area contributed by atoms with Gasteiger partial charge in [0, 0.05) is 23.7 Å². The fourth-order valence-electron chi connectivity index (χ4n) is 3.13. The Labute approximate surface area is 162 Å². The van der Waals surface area contributed by atoms with E-state index in [2.05, 4.69) is 0 Å². The van der Waals surface area contributed by atoms with Gasteiger partial charge in [-0.15, -0.1) is 0 Å². The molecule has 7 heteroatoms. The van der Waals surface area contributed by atoms with Gasteiger partial charge >= 0.3 is 0 Å². The normalized spacial score (nSPS) is 11.4. The van der Waals surface area contributed by atoms with Crippen molar-refractivity contribution in [2.45, 2.75) is 11.8 Å². The smallest absolute Gasteiger partial charge is 0.268 e. The van der Waals surface area contributed by atoms with Gasteiger partial charge in [-0.05, 0) is 25.1 Å². The van der Waals surface area contributed by atoms with Crippen molar-refractivity contribution in [3.8, 4) is 17.3 Å². The SMILES string of the molecule is Cc1ccc(S(=O)(=O)n2cc(-c3cc(C#N)cc[n+]3[O-])c3ccccc32)cc1. The Morgan fingerprint density at radius 3 is 2.50 bits per heavy atom. The summed E-state index contributed by atoms with van der Waals surface area (Å²) in [6.07, 6.45) is 2.68. The Morgan fingerprint density at radius 1 is 1.07 bits per heavy atom. The number of benzene rings is 2. The molecule has 6 nitrogen and oxygen atoms in total. The van der Waals surface area contributed by atoms with Crippen molar-refractivity contribution in [1.29, 1.82) is 5.26 Å². The fraction of sp³-hybridized carbons (Fsp3) is 0.0476. The summed E-state index contributed by atoms with van der Waals surface area (Å²) in [7, 11) is -3.86. The topological polar surface area (TPSA) is 89.8 Å². The summed E-state index contributed by atoms with van der Waals surface area (Å²) in [5, 5.41) is 22.1. The molecule has 28 heavy (non-hydrogen) atoms. The lowest BCUT2D eigenvalue weighted by Crippen LogP contribution is -2.28. The number of rotatable bonds is 3. The average molecular weight is 389 g/mol. The van der Waals surface area contributed by atoms with Crippen molar-refractivity contribution in [2.75, 3.05) is 0 Å². The third kappa shape index (κ3) is 2.80. The molecule has 4 aromatic rings. The van der Waals surface area contributed by atoms with Crippen LogP contribution in [0.3, 0.4) is 0 Å². The zero-order valence-electron chi connectivity index (χ0n) is 14.9. The lowest BCUT2D eigenvalue weighted by molar-refractivity contribution is -0.593. The summed E-state index contributed by atoms with van der Waals surface area (Å²) in [6.45, 7) is 1.88. The van der Waals surface area contributed by atoms with Crippen LogP contribution in [0.15, 0.2) is 78.0 Å². The van der Waals surface area contributed by atoms with Crippen molar-refractivity contribution in [2.24, 2.45) is 0 Å². The number of hydrogen-bond donors (Lipinski definition) is 0. The number of pyridine rings is 1. The lowest BCUT2D eigenvalue weighted by atomic mass is 10.1. The Kier molecular flexibility index (Phi) is 4.13. The van der Waals surface area contributed by atoms with E-state index < -0.39 is 10.0 Å². The van der Waals surface area contributed by atoms with Gasteiger partial charge in [0.25, 0.3) is 10.0 Å². The average Bonchev–Trinajstić information content (AvgIpc) is 3.09. The van der Waals surface area contributed by atoms with Crippen molar-refractivity contribution < 1.29 is 13.1 Å². The van der Waals surface area contributed by atoms with Crippen LogP contribution >= 0.6 is 0 Å². The number of hydrogen-bond acceptors (Lipinski definition) is 4. The quantitative estimate of drug-likeness (QED) is 0.397. The molecular weight excluding hydrogens is 374 g/mol. The highest BCUT2D eigenvalue weighted by Gasteiger charge is 2.24. The largest absolute Gasteiger partial charge is 0.618 e. The zero-order chi connectivity index (χ0) is 19.9. The van der Waals surface area contributed by atoms with E-state index in [9.17, 15) is 13.6 Å². The molecule has 0 unspecified atom stereocenters. The maximum Gasteiger partial charge on any atom is 0.268 e. The second kappa shape index (κ2) is 6.51. The minimum atomic E-state index is -3.86. The van der Waals surface area contributed by atoms with Crippen molar-refractivity contribution in [3.63, 3.8) is 0 Å². The van der Waals surface area contributed by atoms with Gasteiger partial charge in [0.2, 0.25) is 5.69 Å². The first kappa shape index (κ1) is 17.8. The van der Waals surface area contributed by atoms with Gasteiger partial charge in [0.1, 0.15) is 0 Å². The minimum Gasteiger partial charge on any atom is -0.618 e. The van der Waals surface area contributed by atoms with E-state index in [1.165, 1.54) is 28.5 Å². The van der Waals surface area contributed by atoms with Gasteiger partial charge in [-0.1, -0.05) is 35.9 Å². The van der Waals surface area contributed by atoms with Crippen LogP contribution in [0.1, 0.15) is 11.1 Å². The maximum atomic E-state index is 13.2. The van der Waals surface area contributed by atoms with Gasteiger partial charge in [-0.3, -0.25) is 0 Å². The second-order valence-electron chi connectivity index (χ2n) is 6.41. The first-order valence-corrected chi connectivity index (χ1v) is 9.92. The summed E-state index contributed by atoms with van der Waals surface area (Å²) in [5.74, 6) is 0. The molecule has 0 radical (unpaired) electrons. The minimum absolute atomic E-state index is 0.158. The molecule has 0 fully saturated rings. The lowest BCUT2D eigenvalue weighted by Gasteiger charge is -2.07. The van der Waals surface area contributed by atoms with E-state index in [-0.39, 0.29) is 10.6 Å². The Hall–Kier alpha value is -3.63. The summed E-state index contributed by atoms with van der Waals surface area (Å²) < 4.78 is 28.3. The molecule has 4 rings (SSSR count). The summed E-state index contributed by atoms with van der Waals surface area (Å²) in [6, 6.07) is 18.4. The number of nitriles is 1. The van der Waals surface area contributed by atoms with Crippen LogP contribution in [0, 0.1) is 23.5 Å². The molecule has 0 aliphatic rings. The molecule has 0 bridgehead atoms. The zero-order valence-corrected chi connectivity index (χ0v) is 15.7. The predicted octanol–water partition coefficient (Wildman–Crippen LogP) is 3.36. The molecule has 0 saturated carbocycles. The molecule has 2 aromatic carbocycles. The Morgan fingerprint density at radius 2 is 1.79 bits per heavy atom. The molecule has 2 heterocycles. The highest BCUT2D eigenvalue weighted by molar-refractivity contribution is 7.90. The third-order valence-electron chi connectivity index (χ3n) is 4.58. The first-order valence-electron chi connectivity index (χ1n) is 8.48. The Balaban J connectivity index is 2.01. The van der Waals surface area contributed by atoms with Crippen LogP contribution in [-0.4, -0.2) is 12.4 Å². The summed E-state index contributed by atoms with van der Waals surface area (Å²) in [5.41, 5.74) is 2.39. The number of aryl methyl sites for hydroxylation is 1. The van der Waals surface area contributed by atoms with Crippen molar-refractivity contribution in [1.82, 2.24) is 3.97 Å². The molecule has 0 saturated heterocycles. The third-order valence-corrected chi connectivity index (χ3v) is 6.27. The van der Waals surface area contributed by atoms with E-state index in [1.807, 2.05) is 13.0 Å². The van der Waals surface area contributed by atoms with Crippen LogP contribution < -0.4 is 4.73 Å². The van der Waals surface area contributed by atoms with Crippen LogP contribution in [-0.2, 0) is 10.0 Å². The van der Waals surface area contributed by atoms with E-state index in [1.54, 1.807) is 48.5 Å². The van der Waals surface area contributed by atoms with E-state index in [0.717, 1.165) is 5.56 Å². The summed E-state index contributed by atoms with van der Waals surface area (Å²) in [4.78, 5) is 0.158. The highest BCUT2D eigenvalue weighted by Crippen LogP contribution is 2.31. The molecule has 0 aliphatic carbocycles. The number of fused-ring (bicyclic) bond motifs is 1. The van der Waals surface area contributed by atoms with Gasteiger partial charge in [0.05, 0.1) is 27.6 Å². The van der Waals surface area contributed by atoms with Crippen molar-refractivity contribution in [3.05, 3.63) is 89.4 Å². The monoisotopic (exact) mass is 389 g/mol. The maximum absolute atomic E-state index is 13.2. The molecule has 0 aliphatic heterocycles. The van der Waals surface area contributed by atoms with E-state index >= 15 is 0 Å². The van der Waals surface area contributed by atoms with E-state index in [0.29, 0.717) is 26.8 Å². The van der Waals surface area contributed by atoms with Crippen LogP contribution in [0.4, 0.5) is 0 Å². The van der Waals surface area contributed by atoms with Gasteiger partial charge < -0.3 is 5.21 Å². The molecular formula is C21H15N3O3S. The predicted molar refractivity (Wildman–Crippen MR) is 105 cm³/mol. The Bertz CT molecular complexity index is 1350. The molecule has 138 valence electrons. The molecule has 0 N–H and O–H groups in total. The van der Waals surface area contributed by atoms with Crippen molar-refractivity contribution >= 4 is 20.9 Å². The first-order chi connectivity index (χ1) is 13.4. The summed E-state index contributed by atoms with van der Waals surface area (Å²) >= 11 is 0. The molecule has 0 atom stereocenters. The fourth-order valence-corrected chi connectivity index (χ4v) is 4.50. The number of nitrogens with zero attached hydrogens (tertiary/aromatic N) is 3. The second-order valence-corrected chi connectivity index (χ2v) is 8.23. The molecule has 0 spiro atoms. The standard InChI is InChI=1S/C21H15N3O3S/c1-15-6-8-17(9-7-15)28(26,27)24-14-19(18-4-2-3-5-20(18)24)21-12-16(13-22)10-11-23(21)25/h2-12,14H,1H3. The van der Waals surface area contributed by atoms with Crippen LogP contribution in [0.25, 0.3) is 22.2 Å². The van der Waals surface area contributed by atoms with Gasteiger partial charge in [-0.25, -0.2) is 12.4 Å². The number of para-hydroxylation sites is 1. The van der Waals surface area contributed by atoms with Gasteiger partial charge in [0.15, 0.2) is 6.20 Å². The van der Waals surface area contributed by atoms with Gasteiger partial charge in [-0.2, -0.15) is 9.99 Å². The number of aromatic nitrogens is 2. The molecule has 2 aromatic heterocycles.